The van der Waals surface area contributed by atoms with Crippen molar-refractivity contribution >= 4 is 23.2 Å². The van der Waals surface area contributed by atoms with Crippen LogP contribution in [0.2, 0.25) is 0 Å². The Morgan fingerprint density at radius 1 is 0.629 bits per heavy atom. The molecule has 4 aromatic rings. The summed E-state index contributed by atoms with van der Waals surface area (Å²) in [6, 6.07) is 36.6. The maximum Gasteiger partial charge on any atom is 0.231 e. The first-order valence-electron chi connectivity index (χ1n) is 11.6. The van der Waals surface area contributed by atoms with Crippen LogP contribution in [0, 0.1) is 5.92 Å². The third-order valence-corrected chi connectivity index (χ3v) is 6.01. The third kappa shape index (κ3) is 5.83. The summed E-state index contributed by atoms with van der Waals surface area (Å²) in [5.74, 6) is -1.52. The lowest BCUT2D eigenvalue weighted by atomic mass is 9.73. The van der Waals surface area contributed by atoms with Gasteiger partial charge in [0.25, 0.3) is 0 Å². The van der Waals surface area contributed by atoms with Gasteiger partial charge in [0.05, 0.1) is 5.92 Å². The van der Waals surface area contributed by atoms with Crippen LogP contribution in [0.25, 0.3) is 0 Å². The smallest absolute Gasteiger partial charge is 0.231 e. The van der Waals surface area contributed by atoms with Gasteiger partial charge >= 0.3 is 0 Å². The van der Waals surface area contributed by atoms with E-state index in [2.05, 4.69) is 10.6 Å². The van der Waals surface area contributed by atoms with Crippen molar-refractivity contribution in [3.63, 3.8) is 0 Å². The molecule has 0 aliphatic heterocycles. The summed E-state index contributed by atoms with van der Waals surface area (Å²) in [6.07, 6.45) is 0.196. The van der Waals surface area contributed by atoms with E-state index in [1.807, 2.05) is 84.9 Å². The Kier molecular flexibility index (Phi) is 7.70. The van der Waals surface area contributed by atoms with Crippen molar-refractivity contribution in [2.75, 3.05) is 10.6 Å². The zero-order chi connectivity index (χ0) is 24.5. The van der Waals surface area contributed by atoms with Crippen LogP contribution in [0.3, 0.4) is 0 Å². The largest absolute Gasteiger partial charge is 0.380 e. The molecule has 3 N–H and O–H groups in total. The zero-order valence-electron chi connectivity index (χ0n) is 19.3. The van der Waals surface area contributed by atoms with Crippen molar-refractivity contribution < 1.29 is 14.7 Å². The highest BCUT2D eigenvalue weighted by Gasteiger charge is 2.44. The first kappa shape index (κ1) is 23.9. The molecule has 0 radical (unpaired) electrons. The Labute approximate surface area is 205 Å². The molecule has 0 heterocycles. The lowest BCUT2D eigenvalue weighted by molar-refractivity contribution is -0.128. The second kappa shape index (κ2) is 11.3. The predicted octanol–water partition coefficient (Wildman–Crippen LogP) is 5.60. The molecule has 0 aliphatic carbocycles. The molecule has 5 nitrogen and oxygen atoms in total. The lowest BCUT2D eigenvalue weighted by Crippen LogP contribution is -2.44. The molecule has 2 amide bonds. The normalized spacial score (nSPS) is 11.9. The third-order valence-electron chi connectivity index (χ3n) is 6.01. The van der Waals surface area contributed by atoms with Gasteiger partial charge in [0, 0.05) is 17.8 Å². The fourth-order valence-electron chi connectivity index (χ4n) is 4.25. The molecule has 4 aromatic carbocycles. The molecule has 0 fully saturated rings. The molecule has 0 aliphatic rings. The number of hydrogen-bond donors (Lipinski definition) is 3. The van der Waals surface area contributed by atoms with Crippen LogP contribution in [0.1, 0.15) is 24.0 Å². The van der Waals surface area contributed by atoms with Crippen molar-refractivity contribution in [2.24, 2.45) is 5.92 Å². The second-order valence-corrected chi connectivity index (χ2v) is 8.36. The number of hydrogen-bond acceptors (Lipinski definition) is 3. The molecular weight excluding hydrogens is 436 g/mol. The van der Waals surface area contributed by atoms with Crippen LogP contribution in [0.5, 0.6) is 0 Å². The van der Waals surface area contributed by atoms with Gasteiger partial charge in [0.2, 0.25) is 11.8 Å². The summed E-state index contributed by atoms with van der Waals surface area (Å²) in [6.45, 7) is 0. The molecule has 5 heteroatoms. The maximum absolute atomic E-state index is 13.7. The number of carbonyl (C=O) groups is 2. The average molecular weight is 465 g/mol. The van der Waals surface area contributed by atoms with Gasteiger partial charge < -0.3 is 15.7 Å². The van der Waals surface area contributed by atoms with Gasteiger partial charge in [0.15, 0.2) is 0 Å². The highest BCUT2D eigenvalue weighted by molar-refractivity contribution is 5.95. The molecule has 0 bridgehead atoms. The molecule has 0 aromatic heterocycles. The minimum absolute atomic E-state index is 0.0593. The minimum Gasteiger partial charge on any atom is -0.380 e. The van der Waals surface area contributed by atoms with Gasteiger partial charge in [-0.05, 0) is 41.8 Å². The van der Waals surface area contributed by atoms with Gasteiger partial charge in [-0.3, -0.25) is 9.59 Å². The van der Waals surface area contributed by atoms with E-state index in [4.69, 9.17) is 0 Å². The summed E-state index contributed by atoms with van der Waals surface area (Å²) in [4.78, 5) is 26.4. The van der Waals surface area contributed by atoms with E-state index in [0.29, 0.717) is 22.5 Å². The number of aliphatic hydroxyl groups is 1. The Balaban J connectivity index is 1.68. The Morgan fingerprint density at radius 3 is 1.49 bits per heavy atom. The van der Waals surface area contributed by atoms with Crippen LogP contribution in [-0.2, 0) is 15.2 Å². The van der Waals surface area contributed by atoms with Gasteiger partial charge in [-0.1, -0.05) is 97.1 Å². The number of carbonyl (C=O) groups excluding carboxylic acids is 2. The standard InChI is InChI=1S/C30H28N2O3/c33-28(31-25-17-9-3-10-18-25)22-21-27(29(34)32-26-19-11-4-12-20-26)30(35,23-13-5-1-6-14-23)24-15-7-2-8-16-24/h1-20,27,35H,21-22H2,(H,31,33)(H,32,34)/t27-/m0/s1. The summed E-state index contributed by atoms with van der Waals surface area (Å²) >= 11 is 0. The van der Waals surface area contributed by atoms with E-state index in [1.54, 1.807) is 36.4 Å². The topological polar surface area (TPSA) is 78.4 Å². The molecule has 0 spiro atoms. The molecule has 0 saturated carbocycles. The predicted molar refractivity (Wildman–Crippen MR) is 139 cm³/mol. The van der Waals surface area contributed by atoms with E-state index in [1.165, 1.54) is 0 Å². The summed E-state index contributed by atoms with van der Waals surface area (Å²) < 4.78 is 0. The van der Waals surface area contributed by atoms with Gasteiger partial charge in [0.1, 0.15) is 5.60 Å². The second-order valence-electron chi connectivity index (χ2n) is 8.36. The summed E-state index contributed by atoms with van der Waals surface area (Å²) in [5, 5.41) is 18.1. The first-order chi connectivity index (χ1) is 17.1. The van der Waals surface area contributed by atoms with E-state index in [0.717, 1.165) is 0 Å². The van der Waals surface area contributed by atoms with E-state index >= 15 is 0 Å². The SMILES string of the molecule is O=C(CC[C@@H](C(=O)Nc1ccccc1)C(O)(c1ccccc1)c1ccccc1)Nc1ccccc1. The Bertz CT molecular complexity index is 1190. The number of benzene rings is 4. The van der Waals surface area contributed by atoms with Crippen LogP contribution in [-0.4, -0.2) is 16.9 Å². The fourth-order valence-corrected chi connectivity index (χ4v) is 4.25. The number of para-hydroxylation sites is 2. The Morgan fingerprint density at radius 2 is 1.03 bits per heavy atom. The summed E-state index contributed by atoms with van der Waals surface area (Å²) in [5.41, 5.74) is 0.837. The van der Waals surface area contributed by atoms with Crippen molar-refractivity contribution in [1.82, 2.24) is 0 Å². The number of anilines is 2. The number of nitrogens with one attached hydrogen (secondary N) is 2. The molecule has 1 atom stereocenters. The van der Waals surface area contributed by atoms with Crippen LogP contribution < -0.4 is 10.6 Å². The first-order valence-corrected chi connectivity index (χ1v) is 11.6. The van der Waals surface area contributed by atoms with Gasteiger partial charge in [-0.25, -0.2) is 0 Å². The Hall–Kier alpha value is -4.22. The van der Waals surface area contributed by atoms with Crippen molar-refractivity contribution in [2.45, 2.75) is 18.4 Å². The lowest BCUT2D eigenvalue weighted by Gasteiger charge is -2.36. The van der Waals surface area contributed by atoms with Crippen molar-refractivity contribution in [1.29, 1.82) is 0 Å². The monoisotopic (exact) mass is 464 g/mol. The highest BCUT2D eigenvalue weighted by atomic mass is 16.3. The van der Waals surface area contributed by atoms with E-state index in [-0.39, 0.29) is 24.7 Å². The van der Waals surface area contributed by atoms with Crippen LogP contribution in [0.4, 0.5) is 11.4 Å². The molecule has 0 saturated heterocycles. The highest BCUT2D eigenvalue weighted by Crippen LogP contribution is 2.40. The molecule has 4 rings (SSSR count). The zero-order valence-corrected chi connectivity index (χ0v) is 19.3. The molecule has 0 unspecified atom stereocenters. The minimum atomic E-state index is -1.64. The fraction of sp³-hybridized carbons (Fsp3) is 0.133. The van der Waals surface area contributed by atoms with Crippen molar-refractivity contribution in [3.8, 4) is 0 Å². The number of rotatable bonds is 9. The van der Waals surface area contributed by atoms with Gasteiger partial charge in [-0.2, -0.15) is 0 Å². The average Bonchev–Trinajstić information content (AvgIpc) is 2.91. The van der Waals surface area contributed by atoms with Crippen LogP contribution in [0.15, 0.2) is 121 Å². The number of amides is 2. The van der Waals surface area contributed by atoms with Gasteiger partial charge in [-0.15, -0.1) is 0 Å². The summed E-state index contributed by atoms with van der Waals surface area (Å²) in [7, 11) is 0. The van der Waals surface area contributed by atoms with Crippen LogP contribution >= 0.6 is 0 Å². The van der Waals surface area contributed by atoms with E-state index in [9.17, 15) is 14.7 Å². The van der Waals surface area contributed by atoms with Crippen molar-refractivity contribution in [3.05, 3.63) is 132 Å². The maximum atomic E-state index is 13.7. The molecular formula is C30H28N2O3. The molecule has 176 valence electrons. The molecule has 35 heavy (non-hydrogen) atoms. The quantitative estimate of drug-likeness (QED) is 0.302. The van der Waals surface area contributed by atoms with E-state index < -0.39 is 11.5 Å².